The highest BCUT2D eigenvalue weighted by molar-refractivity contribution is 7.99. The van der Waals surface area contributed by atoms with Gasteiger partial charge < -0.3 is 5.32 Å². The number of rotatable bonds is 5. The van der Waals surface area contributed by atoms with Crippen LogP contribution in [-0.4, -0.2) is 21.3 Å². The van der Waals surface area contributed by atoms with E-state index in [-0.39, 0.29) is 5.69 Å². The number of H-pyrrole nitrogens is 1. The van der Waals surface area contributed by atoms with E-state index in [2.05, 4.69) is 22.4 Å². The van der Waals surface area contributed by atoms with E-state index in [0.717, 1.165) is 23.5 Å². The summed E-state index contributed by atoms with van der Waals surface area (Å²) in [6, 6.07) is 5.77. The van der Waals surface area contributed by atoms with Crippen LogP contribution in [0.15, 0.2) is 33.0 Å². The molecule has 2 aromatic rings. The number of nitrogens with zero attached hydrogens (tertiary/aromatic N) is 2. The van der Waals surface area contributed by atoms with Crippen molar-refractivity contribution in [2.75, 3.05) is 6.54 Å². The number of aromatic nitrogens is 3. The van der Waals surface area contributed by atoms with Gasteiger partial charge in [0.2, 0.25) is 0 Å². The predicted molar refractivity (Wildman–Crippen MR) is 76.8 cm³/mol. The summed E-state index contributed by atoms with van der Waals surface area (Å²) in [5, 5.41) is 10.9. The van der Waals surface area contributed by atoms with E-state index in [4.69, 9.17) is 11.6 Å². The Balaban J connectivity index is 2.33. The zero-order valence-electron chi connectivity index (χ0n) is 10.7. The number of hydrogen-bond donors (Lipinski definition) is 2. The largest absolute Gasteiger partial charge is 0.343 e. The summed E-state index contributed by atoms with van der Waals surface area (Å²) in [6.45, 7) is 3.67. The Morgan fingerprint density at radius 1 is 1.53 bits per heavy atom. The lowest BCUT2D eigenvalue weighted by molar-refractivity contribution is 0.717. The first-order valence-electron chi connectivity index (χ1n) is 5.90. The van der Waals surface area contributed by atoms with E-state index >= 15 is 0 Å². The number of halogens is 1. The highest BCUT2D eigenvalue weighted by atomic mass is 35.5. The Labute approximate surface area is 120 Å². The van der Waals surface area contributed by atoms with Gasteiger partial charge in [0.05, 0.1) is 5.02 Å². The number of benzene rings is 1. The van der Waals surface area contributed by atoms with Crippen molar-refractivity contribution < 1.29 is 0 Å². The van der Waals surface area contributed by atoms with Gasteiger partial charge in [-0.2, -0.15) is 0 Å². The van der Waals surface area contributed by atoms with E-state index in [1.807, 2.05) is 18.2 Å². The lowest BCUT2D eigenvalue weighted by Gasteiger charge is -2.10. The quantitative estimate of drug-likeness (QED) is 0.886. The van der Waals surface area contributed by atoms with Crippen molar-refractivity contribution in [3.63, 3.8) is 0 Å². The molecule has 0 spiro atoms. The monoisotopic (exact) mass is 298 g/mol. The SMILES string of the molecule is CCNCc1cccc(Cl)c1Sc1n[nH]c(=O)n1C. The third-order valence-electron chi connectivity index (χ3n) is 2.65. The van der Waals surface area contributed by atoms with Gasteiger partial charge in [-0.3, -0.25) is 4.57 Å². The molecule has 1 heterocycles. The second-order valence-corrected chi connectivity index (χ2v) is 5.37. The van der Waals surface area contributed by atoms with Crippen molar-refractivity contribution in [2.24, 2.45) is 7.05 Å². The van der Waals surface area contributed by atoms with Crippen molar-refractivity contribution in [1.29, 1.82) is 0 Å². The minimum atomic E-state index is -0.234. The molecule has 0 aliphatic carbocycles. The van der Waals surface area contributed by atoms with Crippen molar-refractivity contribution in [3.05, 3.63) is 39.3 Å². The van der Waals surface area contributed by atoms with Gasteiger partial charge in [-0.1, -0.05) is 30.7 Å². The van der Waals surface area contributed by atoms with Crippen LogP contribution in [0.4, 0.5) is 0 Å². The average Bonchev–Trinajstić information content (AvgIpc) is 2.71. The first kappa shape index (κ1) is 14.2. The Kier molecular flexibility index (Phi) is 4.68. The first-order chi connectivity index (χ1) is 9.13. The molecule has 0 fully saturated rings. The van der Waals surface area contributed by atoms with Gasteiger partial charge in [0.15, 0.2) is 5.16 Å². The molecule has 2 rings (SSSR count). The van der Waals surface area contributed by atoms with Gasteiger partial charge >= 0.3 is 5.69 Å². The number of aromatic amines is 1. The molecule has 0 unspecified atom stereocenters. The van der Waals surface area contributed by atoms with E-state index in [9.17, 15) is 4.79 Å². The molecule has 0 amide bonds. The Bertz CT molecular complexity index is 622. The highest BCUT2D eigenvalue weighted by Gasteiger charge is 2.12. The highest BCUT2D eigenvalue weighted by Crippen LogP contribution is 2.34. The predicted octanol–water partition coefficient (Wildman–Crippen LogP) is 2.02. The van der Waals surface area contributed by atoms with E-state index < -0.39 is 0 Å². The average molecular weight is 299 g/mol. The van der Waals surface area contributed by atoms with Crippen LogP contribution in [0.1, 0.15) is 12.5 Å². The second kappa shape index (κ2) is 6.27. The summed E-state index contributed by atoms with van der Waals surface area (Å²) < 4.78 is 1.46. The van der Waals surface area contributed by atoms with Crippen molar-refractivity contribution >= 4 is 23.4 Å². The van der Waals surface area contributed by atoms with E-state index in [1.54, 1.807) is 7.05 Å². The van der Waals surface area contributed by atoms with Gasteiger partial charge in [-0.15, -0.1) is 5.10 Å². The van der Waals surface area contributed by atoms with Gasteiger partial charge in [-0.25, -0.2) is 9.89 Å². The zero-order valence-corrected chi connectivity index (χ0v) is 12.3. The fraction of sp³-hybridized carbons (Fsp3) is 0.333. The van der Waals surface area contributed by atoms with Crippen molar-refractivity contribution in [2.45, 2.75) is 23.5 Å². The molecule has 7 heteroatoms. The molecule has 19 heavy (non-hydrogen) atoms. The van der Waals surface area contributed by atoms with Crippen LogP contribution in [0.2, 0.25) is 5.02 Å². The van der Waals surface area contributed by atoms with Crippen molar-refractivity contribution in [1.82, 2.24) is 20.1 Å². The summed E-state index contributed by atoms with van der Waals surface area (Å²) in [5.41, 5.74) is 0.859. The third-order valence-corrected chi connectivity index (χ3v) is 4.31. The summed E-state index contributed by atoms with van der Waals surface area (Å²) >= 11 is 7.63. The second-order valence-electron chi connectivity index (χ2n) is 3.98. The van der Waals surface area contributed by atoms with E-state index in [1.165, 1.54) is 16.3 Å². The van der Waals surface area contributed by atoms with Crippen LogP contribution >= 0.6 is 23.4 Å². The Hall–Kier alpha value is -1.24. The molecule has 102 valence electrons. The Morgan fingerprint density at radius 2 is 2.32 bits per heavy atom. The van der Waals surface area contributed by atoms with Crippen LogP contribution in [0.5, 0.6) is 0 Å². The standard InChI is InChI=1S/C12H15ClN4OS/c1-3-14-7-8-5-4-6-9(13)10(8)19-12-16-15-11(18)17(12)2/h4-6,14H,3,7H2,1-2H3,(H,15,18). The van der Waals surface area contributed by atoms with Gasteiger partial charge in [0.25, 0.3) is 0 Å². The first-order valence-corrected chi connectivity index (χ1v) is 7.10. The van der Waals surface area contributed by atoms with Gasteiger partial charge in [0, 0.05) is 18.5 Å². The summed E-state index contributed by atoms with van der Waals surface area (Å²) in [6.07, 6.45) is 0. The molecule has 0 saturated heterocycles. The lowest BCUT2D eigenvalue weighted by Crippen LogP contribution is -2.13. The van der Waals surface area contributed by atoms with Crippen LogP contribution in [0.3, 0.4) is 0 Å². The zero-order chi connectivity index (χ0) is 13.8. The normalized spacial score (nSPS) is 10.9. The van der Waals surface area contributed by atoms with Gasteiger partial charge in [0.1, 0.15) is 0 Å². The smallest absolute Gasteiger partial charge is 0.313 e. The van der Waals surface area contributed by atoms with Crippen molar-refractivity contribution in [3.8, 4) is 0 Å². The minimum absolute atomic E-state index is 0.234. The maximum absolute atomic E-state index is 11.4. The van der Waals surface area contributed by atoms with Crippen LogP contribution < -0.4 is 11.0 Å². The molecular formula is C12H15ClN4OS. The number of nitrogens with one attached hydrogen (secondary N) is 2. The summed E-state index contributed by atoms with van der Waals surface area (Å²) in [5.74, 6) is 0. The lowest BCUT2D eigenvalue weighted by atomic mass is 10.2. The molecule has 5 nitrogen and oxygen atoms in total. The Morgan fingerprint density at radius 3 is 2.95 bits per heavy atom. The minimum Gasteiger partial charge on any atom is -0.313 e. The molecule has 0 atom stereocenters. The fourth-order valence-electron chi connectivity index (χ4n) is 1.58. The summed E-state index contributed by atoms with van der Waals surface area (Å²) in [4.78, 5) is 12.3. The maximum atomic E-state index is 11.4. The topological polar surface area (TPSA) is 62.7 Å². The molecule has 0 aliphatic rings. The molecule has 0 aliphatic heterocycles. The molecule has 0 bridgehead atoms. The van der Waals surface area contributed by atoms with E-state index in [0.29, 0.717) is 10.2 Å². The molecule has 2 N–H and O–H groups in total. The third kappa shape index (κ3) is 3.20. The molecule has 0 saturated carbocycles. The maximum Gasteiger partial charge on any atom is 0.343 e. The molecule has 1 aromatic carbocycles. The van der Waals surface area contributed by atoms with Crippen LogP contribution in [0, 0.1) is 0 Å². The van der Waals surface area contributed by atoms with Gasteiger partial charge in [-0.05, 0) is 29.9 Å². The summed E-state index contributed by atoms with van der Waals surface area (Å²) in [7, 11) is 1.68. The molecule has 0 radical (unpaired) electrons. The fourth-order valence-corrected chi connectivity index (χ4v) is 2.82. The van der Waals surface area contributed by atoms with Crippen LogP contribution in [-0.2, 0) is 13.6 Å². The number of hydrogen-bond acceptors (Lipinski definition) is 4. The molecule has 1 aromatic heterocycles. The molecular weight excluding hydrogens is 284 g/mol. The van der Waals surface area contributed by atoms with Crippen LogP contribution in [0.25, 0.3) is 0 Å².